The number of ether oxygens (including phenoxy) is 1. The number of fused-ring (bicyclic) bond motifs is 1. The molecule has 0 saturated heterocycles. The molecule has 3 rings (SSSR count). The Kier molecular flexibility index (Phi) is 9.39. The molecule has 1 saturated carbocycles. The van der Waals surface area contributed by atoms with E-state index in [-0.39, 0.29) is 24.7 Å². The first-order chi connectivity index (χ1) is 16.1. The topological polar surface area (TPSA) is 78.8 Å². The highest BCUT2D eigenvalue weighted by Gasteiger charge is 2.30. The number of nitrogens with one attached hydrogen (secondary N) is 1. The van der Waals surface area contributed by atoms with Gasteiger partial charge in [-0.3, -0.25) is 13.9 Å². The molecule has 0 aliphatic heterocycles. The summed E-state index contributed by atoms with van der Waals surface area (Å²) in [5, 5.41) is 4.04. The summed E-state index contributed by atoms with van der Waals surface area (Å²) in [6.45, 7) is 11.7. The van der Waals surface area contributed by atoms with Gasteiger partial charge in [-0.25, -0.2) is 0 Å². The second kappa shape index (κ2) is 11.9. The van der Waals surface area contributed by atoms with E-state index in [0.717, 1.165) is 35.4 Å². The van der Waals surface area contributed by atoms with Crippen molar-refractivity contribution >= 4 is 24.4 Å². The van der Waals surface area contributed by atoms with Crippen LogP contribution in [-0.2, 0) is 13.6 Å². The lowest BCUT2D eigenvalue weighted by Crippen LogP contribution is -2.30. The summed E-state index contributed by atoms with van der Waals surface area (Å²) >= 11 is 0. The molecule has 1 aliphatic rings. The fraction of sp³-hybridized carbons (Fsp3) is 0.654. The van der Waals surface area contributed by atoms with Gasteiger partial charge < -0.3 is 19.1 Å². The lowest BCUT2D eigenvalue weighted by molar-refractivity contribution is 0.0882. The van der Waals surface area contributed by atoms with Crippen molar-refractivity contribution in [2.45, 2.75) is 66.4 Å². The number of nitrogens with zero attached hydrogens (tertiary/aromatic N) is 1. The highest BCUT2D eigenvalue weighted by molar-refractivity contribution is 7.53. The van der Waals surface area contributed by atoms with Gasteiger partial charge in [0.2, 0.25) is 5.91 Å². The molecule has 7 nitrogen and oxygen atoms in total. The predicted octanol–water partition coefficient (Wildman–Crippen LogP) is 6.12. The second-order valence-electron chi connectivity index (χ2n) is 10.1. The van der Waals surface area contributed by atoms with Crippen LogP contribution in [0.15, 0.2) is 30.5 Å². The first kappa shape index (κ1) is 26.9. The van der Waals surface area contributed by atoms with E-state index in [1.165, 1.54) is 12.8 Å². The van der Waals surface area contributed by atoms with Crippen LogP contribution in [0.3, 0.4) is 0 Å². The molecule has 8 heteroatoms. The van der Waals surface area contributed by atoms with E-state index in [1.54, 1.807) is 24.6 Å². The maximum absolute atomic E-state index is 12.7. The molecule has 0 bridgehead atoms. The molecule has 190 valence electrons. The van der Waals surface area contributed by atoms with E-state index >= 15 is 0 Å². The maximum atomic E-state index is 12.7. The van der Waals surface area contributed by atoms with Crippen LogP contribution in [0.2, 0.25) is 0 Å². The Hall–Kier alpha value is -1.66. The number of rotatable bonds is 11. The molecule has 0 atom stereocenters. The number of aromatic nitrogens is 1. The zero-order chi connectivity index (χ0) is 24.8. The van der Waals surface area contributed by atoms with Gasteiger partial charge >= 0.3 is 7.60 Å². The van der Waals surface area contributed by atoms with Gasteiger partial charge in [0.25, 0.3) is 0 Å². The molecule has 0 unspecified atom stereocenters. The zero-order valence-corrected chi connectivity index (χ0v) is 22.2. The quantitative estimate of drug-likeness (QED) is 0.301. The molecule has 0 amide bonds. The Balaban J connectivity index is 1.52. The van der Waals surface area contributed by atoms with Crippen molar-refractivity contribution in [2.75, 3.05) is 32.5 Å². The summed E-state index contributed by atoms with van der Waals surface area (Å²) < 4.78 is 31.0. The van der Waals surface area contributed by atoms with Gasteiger partial charge in [0.05, 0.1) is 37.5 Å². The molecule has 34 heavy (non-hydrogen) atoms. The third kappa shape index (κ3) is 7.17. The van der Waals surface area contributed by atoms with Crippen LogP contribution < -0.4 is 10.1 Å². The summed E-state index contributed by atoms with van der Waals surface area (Å²) in [7, 11) is -3.11. The average molecular weight is 493 g/mol. The third-order valence-corrected chi connectivity index (χ3v) is 8.70. The van der Waals surface area contributed by atoms with Crippen molar-refractivity contribution < 1.29 is 23.1 Å². The molecule has 1 N–H and O–H groups in total. The predicted molar refractivity (Wildman–Crippen MR) is 137 cm³/mol. The van der Waals surface area contributed by atoms with Crippen molar-refractivity contribution in [2.24, 2.45) is 11.3 Å². The van der Waals surface area contributed by atoms with Gasteiger partial charge in [0, 0.05) is 18.1 Å². The molecular formula is C26H41N2O5P. The average Bonchev–Trinajstić information content (AvgIpc) is 3.20. The smallest absolute Gasteiger partial charge is 0.331 e. The molecule has 1 fully saturated rings. The van der Waals surface area contributed by atoms with E-state index in [2.05, 4.69) is 26.1 Å². The molecule has 1 aromatic carbocycles. The number of hydrogen-bond acceptors (Lipinski definition) is 6. The Morgan fingerprint density at radius 3 is 2.38 bits per heavy atom. The van der Waals surface area contributed by atoms with Crippen LogP contribution >= 0.6 is 7.60 Å². The highest BCUT2D eigenvalue weighted by Crippen LogP contribution is 2.47. The lowest BCUT2D eigenvalue weighted by atomic mass is 9.72. The summed E-state index contributed by atoms with van der Waals surface area (Å²) in [4.78, 5) is 12.7. The molecular weight excluding hydrogens is 451 g/mol. The standard InChI is InChI=1S/C26H41N2O5P/c1-6-31-34(30,32-7-2)17-15-27-19-25(29)28-16-14-20-18-23(12-13-24(20)28)33-22-10-8-21(9-11-22)26(3,4)5/h12-14,16,18,21-22,27H,6-11,15,17,19H2,1-5H3. The lowest BCUT2D eigenvalue weighted by Gasteiger charge is -2.36. The van der Waals surface area contributed by atoms with Gasteiger partial charge in [-0.15, -0.1) is 0 Å². The number of hydrogen-bond donors (Lipinski definition) is 1. The van der Waals surface area contributed by atoms with Crippen molar-refractivity contribution in [1.82, 2.24) is 9.88 Å². The fourth-order valence-electron chi connectivity index (χ4n) is 4.71. The SMILES string of the molecule is CCOP(=O)(CCNCC(=O)n1ccc2cc(OC3CCC(C(C)(C)C)CC3)ccc21)OCC. The minimum Gasteiger partial charge on any atom is -0.490 e. The molecule has 1 aliphatic carbocycles. The highest BCUT2D eigenvalue weighted by atomic mass is 31.2. The summed E-state index contributed by atoms with van der Waals surface area (Å²) in [5.74, 6) is 1.54. The largest absolute Gasteiger partial charge is 0.490 e. The van der Waals surface area contributed by atoms with Crippen LogP contribution in [0.5, 0.6) is 5.75 Å². The number of benzene rings is 1. The van der Waals surface area contributed by atoms with Gasteiger partial charge in [-0.05, 0) is 75.1 Å². The fourth-order valence-corrected chi connectivity index (χ4v) is 6.26. The first-order valence-electron chi connectivity index (χ1n) is 12.5. The van der Waals surface area contributed by atoms with Crippen LogP contribution in [0, 0.1) is 11.3 Å². The van der Waals surface area contributed by atoms with Crippen LogP contribution in [-0.4, -0.2) is 49.0 Å². The maximum Gasteiger partial charge on any atom is 0.331 e. The van der Waals surface area contributed by atoms with Gasteiger partial charge in [0.15, 0.2) is 0 Å². The Morgan fingerprint density at radius 2 is 1.76 bits per heavy atom. The van der Waals surface area contributed by atoms with E-state index in [9.17, 15) is 9.36 Å². The van der Waals surface area contributed by atoms with E-state index in [1.807, 2.05) is 24.3 Å². The number of carbonyl (C=O) groups excluding carboxylic acids is 1. The molecule has 0 radical (unpaired) electrons. The summed E-state index contributed by atoms with van der Waals surface area (Å²) in [6.07, 6.45) is 6.87. The minimum atomic E-state index is -3.11. The van der Waals surface area contributed by atoms with E-state index < -0.39 is 7.60 Å². The zero-order valence-electron chi connectivity index (χ0n) is 21.3. The van der Waals surface area contributed by atoms with Crippen molar-refractivity contribution in [3.05, 3.63) is 30.5 Å². The van der Waals surface area contributed by atoms with E-state index in [4.69, 9.17) is 13.8 Å². The monoisotopic (exact) mass is 492 g/mol. The van der Waals surface area contributed by atoms with Gasteiger partial charge in [-0.2, -0.15) is 0 Å². The number of carbonyl (C=O) groups is 1. The Bertz CT molecular complexity index is 979. The molecule has 2 aromatic rings. The molecule has 0 spiro atoms. The van der Waals surface area contributed by atoms with Crippen molar-refractivity contribution in [1.29, 1.82) is 0 Å². The Morgan fingerprint density at radius 1 is 1.09 bits per heavy atom. The van der Waals surface area contributed by atoms with Crippen molar-refractivity contribution in [3.8, 4) is 5.75 Å². The van der Waals surface area contributed by atoms with Gasteiger partial charge in [-0.1, -0.05) is 20.8 Å². The normalized spacial score (nSPS) is 19.4. The minimum absolute atomic E-state index is 0.0770. The first-order valence-corrected chi connectivity index (χ1v) is 14.3. The second-order valence-corrected chi connectivity index (χ2v) is 12.3. The van der Waals surface area contributed by atoms with Crippen LogP contribution in [0.4, 0.5) is 0 Å². The van der Waals surface area contributed by atoms with Crippen molar-refractivity contribution in [3.63, 3.8) is 0 Å². The van der Waals surface area contributed by atoms with E-state index in [0.29, 0.717) is 25.2 Å². The third-order valence-electron chi connectivity index (χ3n) is 6.62. The Labute approximate surface area is 204 Å². The van der Waals surface area contributed by atoms with Gasteiger partial charge in [0.1, 0.15) is 5.75 Å². The summed E-state index contributed by atoms with van der Waals surface area (Å²) in [5.41, 5.74) is 1.21. The molecule has 1 aromatic heterocycles. The van der Waals surface area contributed by atoms with Crippen LogP contribution in [0.25, 0.3) is 10.9 Å². The molecule has 1 heterocycles. The van der Waals surface area contributed by atoms with Crippen LogP contribution in [0.1, 0.15) is 65.1 Å². The summed E-state index contributed by atoms with van der Waals surface area (Å²) in [6, 6.07) is 7.86.